The molecule has 2 N–H and O–H groups in total. The number of rotatable bonds is 1. The summed E-state index contributed by atoms with van der Waals surface area (Å²) in [6.45, 7) is 0. The summed E-state index contributed by atoms with van der Waals surface area (Å²) in [6, 6.07) is 7.32. The second-order valence-electron chi connectivity index (χ2n) is 2.58. The van der Waals surface area contributed by atoms with Crippen molar-refractivity contribution in [3.05, 3.63) is 35.1 Å². The molecule has 2 rings (SSSR count). The minimum atomic E-state index is 0.509. The van der Waals surface area contributed by atoms with Crippen molar-refractivity contribution in [2.24, 2.45) is 0 Å². The first-order valence-corrected chi connectivity index (χ1v) is 4.52. The average molecular weight is 239 g/mol. The highest BCUT2D eigenvalue weighted by Gasteiger charge is 2.02. The van der Waals surface area contributed by atoms with Crippen molar-refractivity contribution in [1.29, 1.82) is 0 Å². The van der Waals surface area contributed by atoms with E-state index < -0.39 is 0 Å². The maximum absolute atomic E-state index is 5.46. The van der Waals surface area contributed by atoms with Gasteiger partial charge in [0.05, 0.1) is 0 Å². The molecule has 0 aliphatic carbocycles. The maximum Gasteiger partial charge on any atom is 0.169 e. The van der Waals surface area contributed by atoms with E-state index in [1.54, 1.807) is 12.3 Å². The topological polar surface area (TPSA) is 52.0 Å². The average Bonchev–Trinajstić information content (AvgIpc) is 2.53. The summed E-state index contributed by atoms with van der Waals surface area (Å²) < 4.78 is 6.05. The Morgan fingerprint density at radius 1 is 1.23 bits per heavy atom. The van der Waals surface area contributed by atoms with Gasteiger partial charge < -0.3 is 10.2 Å². The molecule has 0 bridgehead atoms. The lowest BCUT2D eigenvalue weighted by atomic mass is 10.2. The lowest BCUT2D eigenvalue weighted by Gasteiger charge is -1.95. The lowest BCUT2D eigenvalue weighted by molar-refractivity contribution is 0.555. The Morgan fingerprint density at radius 2 is 2.08 bits per heavy atom. The normalized spacial score (nSPS) is 10.2. The minimum Gasteiger partial charge on any atom is -0.449 e. The van der Waals surface area contributed by atoms with E-state index in [9.17, 15) is 0 Å². The van der Waals surface area contributed by atoms with E-state index >= 15 is 0 Å². The molecule has 2 aromatic rings. The third kappa shape index (κ3) is 1.72. The monoisotopic (exact) mass is 238 g/mol. The van der Waals surface area contributed by atoms with E-state index in [0.717, 1.165) is 11.3 Å². The van der Waals surface area contributed by atoms with Gasteiger partial charge in [0.25, 0.3) is 0 Å². The Hall–Kier alpha value is -1.29. The largest absolute Gasteiger partial charge is 0.449 e. The minimum absolute atomic E-state index is 0.509. The Morgan fingerprint density at radius 3 is 2.62 bits per heavy atom. The van der Waals surface area contributed by atoms with Crippen molar-refractivity contribution in [3.63, 3.8) is 0 Å². The predicted octanol–water partition coefficient (Wildman–Crippen LogP) is 2.69. The number of hydrogen-bond donors (Lipinski definition) is 1. The van der Waals surface area contributed by atoms with E-state index in [0.29, 0.717) is 10.5 Å². The van der Waals surface area contributed by atoms with Crippen LogP contribution in [0.5, 0.6) is 0 Å². The number of nitrogens with zero attached hydrogens (tertiary/aromatic N) is 1. The van der Waals surface area contributed by atoms with Gasteiger partial charge in [-0.2, -0.15) is 0 Å². The molecule has 0 aliphatic heterocycles. The summed E-state index contributed by atoms with van der Waals surface area (Å²) in [5.41, 5.74) is 6.38. The number of nitrogens with two attached hydrogens (primary N) is 1. The standard InChI is InChI=1S/C9H7BrN2O/c10-8-3-2-7(13-8)6-1-4-9(11)12-5-6/h1-5H,(H2,11,12). The zero-order valence-electron chi connectivity index (χ0n) is 6.70. The molecule has 3 nitrogen and oxygen atoms in total. The first-order chi connectivity index (χ1) is 6.25. The highest BCUT2D eigenvalue weighted by atomic mass is 79.9. The third-order valence-electron chi connectivity index (χ3n) is 1.64. The second-order valence-corrected chi connectivity index (χ2v) is 3.36. The highest BCUT2D eigenvalue weighted by Crippen LogP contribution is 2.24. The number of hydrogen-bond acceptors (Lipinski definition) is 3. The molecule has 0 saturated heterocycles. The van der Waals surface area contributed by atoms with Crippen LogP contribution in [0.2, 0.25) is 0 Å². The molecule has 0 aromatic carbocycles. The number of halogens is 1. The molecule has 0 radical (unpaired) electrons. The Bertz CT molecular complexity index is 408. The fraction of sp³-hybridized carbons (Fsp3) is 0. The van der Waals surface area contributed by atoms with Crippen LogP contribution in [-0.4, -0.2) is 4.98 Å². The van der Waals surface area contributed by atoms with E-state index in [-0.39, 0.29) is 0 Å². The van der Waals surface area contributed by atoms with Gasteiger partial charge in [0, 0.05) is 11.8 Å². The molecule has 0 fully saturated rings. The quantitative estimate of drug-likeness (QED) is 0.832. The SMILES string of the molecule is Nc1ccc(-c2ccc(Br)o2)cn1. The molecular weight excluding hydrogens is 232 g/mol. The summed E-state index contributed by atoms with van der Waals surface area (Å²) in [7, 11) is 0. The smallest absolute Gasteiger partial charge is 0.169 e. The lowest BCUT2D eigenvalue weighted by Crippen LogP contribution is -1.87. The Kier molecular flexibility index (Phi) is 2.06. The van der Waals surface area contributed by atoms with Crippen LogP contribution in [0.15, 0.2) is 39.5 Å². The number of pyridine rings is 1. The predicted molar refractivity (Wildman–Crippen MR) is 54.1 cm³/mol. The molecule has 0 atom stereocenters. The van der Waals surface area contributed by atoms with Crippen LogP contribution in [0, 0.1) is 0 Å². The van der Waals surface area contributed by atoms with Gasteiger partial charge >= 0.3 is 0 Å². The molecule has 0 aliphatic rings. The van der Waals surface area contributed by atoms with Crippen molar-refractivity contribution < 1.29 is 4.42 Å². The van der Waals surface area contributed by atoms with Gasteiger partial charge in [-0.25, -0.2) is 4.98 Å². The molecule has 0 unspecified atom stereocenters. The van der Waals surface area contributed by atoms with E-state index in [2.05, 4.69) is 20.9 Å². The zero-order valence-corrected chi connectivity index (χ0v) is 8.28. The third-order valence-corrected chi connectivity index (χ3v) is 2.07. The van der Waals surface area contributed by atoms with Gasteiger partial charge in [-0.1, -0.05) is 0 Å². The second kappa shape index (κ2) is 3.22. The first kappa shape index (κ1) is 8.31. The number of nitrogen functional groups attached to an aromatic ring is 1. The molecule has 13 heavy (non-hydrogen) atoms. The number of aromatic nitrogens is 1. The van der Waals surface area contributed by atoms with E-state index in [1.165, 1.54) is 0 Å². The van der Waals surface area contributed by atoms with Crippen LogP contribution in [0.3, 0.4) is 0 Å². The highest BCUT2D eigenvalue weighted by molar-refractivity contribution is 9.10. The van der Waals surface area contributed by atoms with E-state index in [1.807, 2.05) is 18.2 Å². The first-order valence-electron chi connectivity index (χ1n) is 3.73. The molecule has 0 saturated carbocycles. The van der Waals surface area contributed by atoms with Crippen molar-refractivity contribution in [3.8, 4) is 11.3 Å². The van der Waals surface area contributed by atoms with Crippen molar-refractivity contribution in [2.75, 3.05) is 5.73 Å². The molecule has 0 spiro atoms. The molecule has 2 heterocycles. The van der Waals surface area contributed by atoms with Crippen LogP contribution in [0.4, 0.5) is 5.82 Å². The molecule has 4 heteroatoms. The van der Waals surface area contributed by atoms with Crippen LogP contribution >= 0.6 is 15.9 Å². The summed E-state index contributed by atoms with van der Waals surface area (Å²) in [6.07, 6.45) is 1.68. The van der Waals surface area contributed by atoms with Crippen molar-refractivity contribution >= 4 is 21.7 Å². The number of furan rings is 1. The summed E-state index contributed by atoms with van der Waals surface area (Å²) in [5, 5.41) is 0. The maximum atomic E-state index is 5.46. The Labute approximate surface area is 83.7 Å². The summed E-state index contributed by atoms with van der Waals surface area (Å²) in [4.78, 5) is 3.97. The fourth-order valence-corrected chi connectivity index (χ4v) is 1.33. The molecule has 66 valence electrons. The molecule has 2 aromatic heterocycles. The van der Waals surface area contributed by atoms with Gasteiger partial charge in [0.1, 0.15) is 11.6 Å². The van der Waals surface area contributed by atoms with Crippen LogP contribution in [-0.2, 0) is 0 Å². The van der Waals surface area contributed by atoms with Crippen LogP contribution in [0.1, 0.15) is 0 Å². The molecular formula is C9H7BrN2O. The summed E-state index contributed by atoms with van der Waals surface area (Å²) in [5.74, 6) is 1.29. The fourth-order valence-electron chi connectivity index (χ4n) is 1.02. The van der Waals surface area contributed by atoms with Gasteiger partial charge in [-0.3, -0.25) is 0 Å². The van der Waals surface area contributed by atoms with Crippen LogP contribution in [0.25, 0.3) is 11.3 Å². The van der Waals surface area contributed by atoms with E-state index in [4.69, 9.17) is 10.2 Å². The zero-order chi connectivity index (χ0) is 9.26. The molecule has 0 amide bonds. The van der Waals surface area contributed by atoms with Crippen molar-refractivity contribution in [2.45, 2.75) is 0 Å². The Balaban J connectivity index is 2.41. The van der Waals surface area contributed by atoms with Gasteiger partial charge in [-0.05, 0) is 40.2 Å². The summed E-state index contributed by atoms with van der Waals surface area (Å²) >= 11 is 3.23. The van der Waals surface area contributed by atoms with Crippen molar-refractivity contribution in [1.82, 2.24) is 4.98 Å². The van der Waals surface area contributed by atoms with Crippen LogP contribution < -0.4 is 5.73 Å². The van der Waals surface area contributed by atoms with Gasteiger partial charge in [0.15, 0.2) is 4.67 Å². The van der Waals surface area contributed by atoms with Gasteiger partial charge in [-0.15, -0.1) is 0 Å². The number of anilines is 1. The van der Waals surface area contributed by atoms with Gasteiger partial charge in [0.2, 0.25) is 0 Å².